The van der Waals surface area contributed by atoms with Crippen LogP contribution in [0.4, 0.5) is 5.69 Å². The van der Waals surface area contributed by atoms with E-state index in [2.05, 4.69) is 34.2 Å². The predicted molar refractivity (Wildman–Crippen MR) is 65.0 cm³/mol. The van der Waals surface area contributed by atoms with E-state index in [0.29, 0.717) is 6.04 Å². The molecule has 1 aromatic rings. The van der Waals surface area contributed by atoms with E-state index >= 15 is 0 Å². The smallest absolute Gasteiger partial charge is 0.0437 e. The van der Waals surface area contributed by atoms with Gasteiger partial charge in [0.05, 0.1) is 0 Å². The minimum atomic E-state index is 0.556. The van der Waals surface area contributed by atoms with Gasteiger partial charge in [0.15, 0.2) is 0 Å². The second-order valence-corrected chi connectivity index (χ2v) is 5.28. The van der Waals surface area contributed by atoms with Gasteiger partial charge in [-0.05, 0) is 43.9 Å². The van der Waals surface area contributed by atoms with Crippen LogP contribution < -0.4 is 5.32 Å². The highest BCUT2D eigenvalue weighted by Gasteiger charge is 2.27. The Bertz CT molecular complexity index is 316. The fraction of sp³-hybridized carbons (Fsp3) is 0.455. The Morgan fingerprint density at radius 1 is 1.43 bits per heavy atom. The second kappa shape index (κ2) is 4.11. The monoisotopic (exact) mass is 273 g/mol. The summed E-state index contributed by atoms with van der Waals surface area (Å²) in [5.41, 5.74) is 1.10. The normalized spacial score (nSPS) is 17.9. The zero-order valence-electron chi connectivity index (χ0n) is 8.06. The molecule has 1 atom stereocenters. The molecule has 1 aliphatic rings. The molecule has 0 saturated heterocycles. The van der Waals surface area contributed by atoms with Crippen LogP contribution in [-0.4, -0.2) is 6.04 Å². The molecule has 1 fully saturated rings. The van der Waals surface area contributed by atoms with E-state index in [1.54, 1.807) is 0 Å². The fourth-order valence-corrected chi connectivity index (χ4v) is 2.47. The number of hydrogen-bond acceptors (Lipinski definition) is 1. The van der Waals surface area contributed by atoms with Crippen LogP contribution in [0.1, 0.15) is 19.8 Å². The summed E-state index contributed by atoms with van der Waals surface area (Å²) >= 11 is 9.39. The Morgan fingerprint density at radius 3 is 2.71 bits per heavy atom. The molecule has 2 rings (SSSR count). The van der Waals surface area contributed by atoms with Crippen molar-refractivity contribution in [2.24, 2.45) is 5.92 Å². The van der Waals surface area contributed by atoms with Crippen LogP contribution in [0.5, 0.6) is 0 Å². The first kappa shape index (κ1) is 10.3. The van der Waals surface area contributed by atoms with Gasteiger partial charge in [-0.3, -0.25) is 0 Å². The summed E-state index contributed by atoms with van der Waals surface area (Å²) in [7, 11) is 0. The first-order valence-corrected chi connectivity index (χ1v) is 6.05. The molecule has 0 aromatic heterocycles. The Kier molecular flexibility index (Phi) is 3.03. The largest absolute Gasteiger partial charge is 0.382 e. The van der Waals surface area contributed by atoms with E-state index in [-0.39, 0.29) is 0 Å². The van der Waals surface area contributed by atoms with Crippen LogP contribution in [0.25, 0.3) is 0 Å². The average molecular weight is 275 g/mol. The van der Waals surface area contributed by atoms with Crippen molar-refractivity contribution in [3.05, 3.63) is 27.7 Å². The molecule has 0 bridgehead atoms. The van der Waals surface area contributed by atoms with E-state index in [9.17, 15) is 0 Å². The molecule has 76 valence electrons. The molecular formula is C11H13BrClN. The van der Waals surface area contributed by atoms with Gasteiger partial charge in [-0.25, -0.2) is 0 Å². The molecule has 0 aliphatic heterocycles. The SMILES string of the molecule is CC(Nc1cc(Cl)cc(Br)c1)C1CC1. The first-order valence-electron chi connectivity index (χ1n) is 4.88. The van der Waals surface area contributed by atoms with Gasteiger partial charge in [0.25, 0.3) is 0 Å². The molecule has 0 spiro atoms. The lowest BCUT2D eigenvalue weighted by Crippen LogP contribution is -2.17. The van der Waals surface area contributed by atoms with Crippen molar-refractivity contribution in [1.29, 1.82) is 0 Å². The Balaban J connectivity index is 2.07. The highest BCUT2D eigenvalue weighted by atomic mass is 79.9. The number of hydrogen-bond donors (Lipinski definition) is 1. The Morgan fingerprint density at radius 2 is 2.14 bits per heavy atom. The van der Waals surface area contributed by atoms with Crippen molar-refractivity contribution in [3.63, 3.8) is 0 Å². The van der Waals surface area contributed by atoms with Crippen LogP contribution in [0, 0.1) is 5.92 Å². The molecule has 1 N–H and O–H groups in total. The van der Waals surface area contributed by atoms with Crippen molar-refractivity contribution >= 4 is 33.2 Å². The topological polar surface area (TPSA) is 12.0 Å². The van der Waals surface area contributed by atoms with E-state index in [1.807, 2.05) is 12.1 Å². The van der Waals surface area contributed by atoms with Crippen molar-refractivity contribution in [3.8, 4) is 0 Å². The first-order chi connectivity index (χ1) is 6.65. The van der Waals surface area contributed by atoms with E-state index < -0.39 is 0 Å². The van der Waals surface area contributed by atoms with Gasteiger partial charge in [-0.2, -0.15) is 0 Å². The second-order valence-electron chi connectivity index (χ2n) is 3.93. The number of nitrogens with one attached hydrogen (secondary N) is 1. The van der Waals surface area contributed by atoms with Gasteiger partial charge in [0, 0.05) is 21.2 Å². The van der Waals surface area contributed by atoms with E-state index in [1.165, 1.54) is 12.8 Å². The average Bonchev–Trinajstić information content (AvgIpc) is 2.82. The summed E-state index contributed by atoms with van der Waals surface area (Å²) in [5, 5.41) is 4.24. The maximum atomic E-state index is 5.96. The van der Waals surface area contributed by atoms with E-state index in [4.69, 9.17) is 11.6 Å². The number of rotatable bonds is 3. The lowest BCUT2D eigenvalue weighted by Gasteiger charge is -2.14. The van der Waals surface area contributed by atoms with Gasteiger partial charge in [-0.1, -0.05) is 27.5 Å². The third-order valence-electron chi connectivity index (χ3n) is 2.59. The van der Waals surface area contributed by atoms with Gasteiger partial charge in [-0.15, -0.1) is 0 Å². The molecule has 14 heavy (non-hydrogen) atoms. The Labute approximate surface area is 98.0 Å². The summed E-state index contributed by atoms with van der Waals surface area (Å²) in [6.45, 7) is 2.23. The summed E-state index contributed by atoms with van der Waals surface area (Å²) in [6, 6.07) is 6.48. The van der Waals surface area contributed by atoms with Gasteiger partial charge >= 0.3 is 0 Å². The molecule has 1 aliphatic carbocycles. The minimum Gasteiger partial charge on any atom is -0.382 e. The van der Waals surface area contributed by atoms with Gasteiger partial charge in [0.2, 0.25) is 0 Å². The Hall–Kier alpha value is -0.210. The summed E-state index contributed by atoms with van der Waals surface area (Å²) in [5.74, 6) is 0.854. The fourth-order valence-electron chi connectivity index (χ4n) is 1.61. The summed E-state index contributed by atoms with van der Waals surface area (Å²) < 4.78 is 1.02. The molecule has 1 unspecified atom stereocenters. The highest BCUT2D eigenvalue weighted by molar-refractivity contribution is 9.10. The van der Waals surface area contributed by atoms with Crippen molar-refractivity contribution in [1.82, 2.24) is 0 Å². The van der Waals surface area contributed by atoms with Crippen LogP contribution in [0.15, 0.2) is 22.7 Å². The number of halogens is 2. The molecule has 1 saturated carbocycles. The third kappa shape index (κ3) is 2.64. The standard InChI is InChI=1S/C11H13BrClN/c1-7(8-2-3-8)14-11-5-9(12)4-10(13)6-11/h4-8,14H,2-3H2,1H3. The van der Waals surface area contributed by atoms with Gasteiger partial charge in [0.1, 0.15) is 0 Å². The zero-order chi connectivity index (χ0) is 10.1. The lowest BCUT2D eigenvalue weighted by atomic mass is 10.2. The molecule has 1 aromatic carbocycles. The van der Waals surface area contributed by atoms with Crippen LogP contribution in [0.3, 0.4) is 0 Å². The number of benzene rings is 1. The maximum absolute atomic E-state index is 5.96. The molecule has 3 heteroatoms. The molecule has 0 amide bonds. The summed E-state index contributed by atoms with van der Waals surface area (Å²) in [4.78, 5) is 0. The molecule has 0 heterocycles. The minimum absolute atomic E-state index is 0.556. The maximum Gasteiger partial charge on any atom is 0.0437 e. The lowest BCUT2D eigenvalue weighted by molar-refractivity contribution is 0.694. The molecular weight excluding hydrogens is 261 g/mol. The van der Waals surface area contributed by atoms with Crippen LogP contribution >= 0.6 is 27.5 Å². The van der Waals surface area contributed by atoms with Crippen LogP contribution in [-0.2, 0) is 0 Å². The summed E-state index contributed by atoms with van der Waals surface area (Å²) in [6.07, 6.45) is 2.71. The van der Waals surface area contributed by atoms with Crippen LogP contribution in [0.2, 0.25) is 5.02 Å². The van der Waals surface area contributed by atoms with Crippen molar-refractivity contribution in [2.75, 3.05) is 5.32 Å². The molecule has 1 nitrogen and oxygen atoms in total. The van der Waals surface area contributed by atoms with E-state index in [0.717, 1.165) is 21.1 Å². The van der Waals surface area contributed by atoms with Crippen molar-refractivity contribution in [2.45, 2.75) is 25.8 Å². The highest BCUT2D eigenvalue weighted by Crippen LogP contribution is 2.34. The predicted octanol–water partition coefficient (Wildman–Crippen LogP) is 4.31. The molecule has 0 radical (unpaired) electrons. The zero-order valence-corrected chi connectivity index (χ0v) is 10.4. The quantitative estimate of drug-likeness (QED) is 0.866. The van der Waals surface area contributed by atoms with Crippen molar-refractivity contribution < 1.29 is 0 Å². The van der Waals surface area contributed by atoms with Gasteiger partial charge < -0.3 is 5.32 Å². The number of anilines is 1. The third-order valence-corrected chi connectivity index (χ3v) is 3.26.